The van der Waals surface area contributed by atoms with Crippen LogP contribution in [0, 0.1) is 0 Å². The van der Waals surface area contributed by atoms with E-state index in [-0.39, 0.29) is 0 Å². The lowest BCUT2D eigenvalue weighted by Gasteiger charge is -2.07. The van der Waals surface area contributed by atoms with Gasteiger partial charge in [0.25, 0.3) is 0 Å². The van der Waals surface area contributed by atoms with E-state index in [2.05, 4.69) is 66.0 Å². The summed E-state index contributed by atoms with van der Waals surface area (Å²) in [7, 11) is 1.71. The fourth-order valence-electron chi connectivity index (χ4n) is 2.82. The average molecular weight is 292 g/mol. The quantitative estimate of drug-likeness (QED) is 0.694. The molecule has 2 heteroatoms. The smallest absolute Gasteiger partial charge is 0.119 e. The van der Waals surface area contributed by atoms with E-state index in [4.69, 9.17) is 4.74 Å². The third-order valence-electron chi connectivity index (χ3n) is 4.02. The molecule has 22 heavy (non-hydrogen) atoms. The first-order valence-corrected chi connectivity index (χ1v) is 7.78. The predicted molar refractivity (Wildman–Crippen MR) is 91.1 cm³/mol. The van der Waals surface area contributed by atoms with Gasteiger partial charge in [-0.05, 0) is 28.5 Å². The molecule has 0 atom stereocenters. The maximum atomic E-state index is 5.27. The Hall–Kier alpha value is -2.32. The van der Waals surface area contributed by atoms with Gasteiger partial charge in [0, 0.05) is 12.0 Å². The van der Waals surface area contributed by atoms with Crippen LogP contribution in [0.4, 0.5) is 0 Å². The molecule has 3 rings (SSSR count). The minimum absolute atomic E-state index is 0.937. The van der Waals surface area contributed by atoms with Crippen LogP contribution in [0.1, 0.15) is 11.1 Å². The summed E-state index contributed by atoms with van der Waals surface area (Å²) in [4.78, 5) is 0. The summed E-state index contributed by atoms with van der Waals surface area (Å²) in [5.74, 6) is 0.937. The van der Waals surface area contributed by atoms with Crippen molar-refractivity contribution in [2.45, 2.75) is 13.0 Å². The van der Waals surface area contributed by atoms with Crippen LogP contribution in [0.15, 0.2) is 66.7 Å². The van der Waals surface area contributed by atoms with Crippen molar-refractivity contribution < 1.29 is 10.1 Å². The number of ether oxygens (including phenoxy) is 1. The Morgan fingerprint density at radius 2 is 1.73 bits per heavy atom. The molecule has 0 aliphatic rings. The lowest BCUT2D eigenvalue weighted by Crippen LogP contribution is -2.83. The van der Waals surface area contributed by atoms with E-state index in [1.165, 1.54) is 21.9 Å². The number of hydrogen-bond donors (Lipinski definition) is 1. The van der Waals surface area contributed by atoms with Crippen molar-refractivity contribution >= 4 is 10.8 Å². The molecule has 112 valence electrons. The van der Waals surface area contributed by atoms with Crippen LogP contribution in [0.2, 0.25) is 0 Å². The summed E-state index contributed by atoms with van der Waals surface area (Å²) in [5.41, 5.74) is 2.73. The highest BCUT2D eigenvalue weighted by molar-refractivity contribution is 5.85. The molecular weight excluding hydrogens is 270 g/mol. The summed E-state index contributed by atoms with van der Waals surface area (Å²) in [6.07, 6.45) is 1.06. The van der Waals surface area contributed by atoms with Gasteiger partial charge in [-0.1, -0.05) is 54.6 Å². The first kappa shape index (κ1) is 14.6. The lowest BCUT2D eigenvalue weighted by molar-refractivity contribution is -0.669. The van der Waals surface area contributed by atoms with E-state index >= 15 is 0 Å². The van der Waals surface area contributed by atoms with Crippen molar-refractivity contribution in [1.29, 1.82) is 0 Å². The Bertz CT molecular complexity index is 746. The maximum Gasteiger partial charge on any atom is 0.119 e. The van der Waals surface area contributed by atoms with Crippen LogP contribution >= 0.6 is 0 Å². The number of benzene rings is 3. The van der Waals surface area contributed by atoms with Crippen molar-refractivity contribution in [2.24, 2.45) is 0 Å². The van der Waals surface area contributed by atoms with Crippen molar-refractivity contribution in [1.82, 2.24) is 0 Å². The van der Waals surface area contributed by atoms with Crippen LogP contribution in [-0.2, 0) is 13.0 Å². The molecule has 0 fully saturated rings. The second kappa shape index (κ2) is 7.10. The van der Waals surface area contributed by atoms with Crippen LogP contribution in [-0.4, -0.2) is 13.7 Å². The number of methoxy groups -OCH3 is 1. The number of hydrogen-bond acceptors (Lipinski definition) is 1. The van der Waals surface area contributed by atoms with Gasteiger partial charge in [-0.2, -0.15) is 0 Å². The van der Waals surface area contributed by atoms with Crippen molar-refractivity contribution in [3.8, 4) is 5.75 Å². The molecule has 0 saturated heterocycles. The predicted octanol–water partition coefficient (Wildman–Crippen LogP) is 3.15. The van der Waals surface area contributed by atoms with Crippen LogP contribution in [0.25, 0.3) is 10.8 Å². The van der Waals surface area contributed by atoms with Crippen molar-refractivity contribution in [3.05, 3.63) is 77.9 Å². The fourth-order valence-corrected chi connectivity index (χ4v) is 2.82. The van der Waals surface area contributed by atoms with Crippen molar-refractivity contribution in [2.75, 3.05) is 13.7 Å². The van der Waals surface area contributed by atoms with E-state index < -0.39 is 0 Å². The van der Waals surface area contributed by atoms with E-state index in [1.54, 1.807) is 7.11 Å². The second-order valence-corrected chi connectivity index (χ2v) is 5.52. The van der Waals surface area contributed by atoms with Gasteiger partial charge < -0.3 is 10.1 Å². The Kier molecular flexibility index (Phi) is 4.71. The Labute approximate surface area is 131 Å². The summed E-state index contributed by atoms with van der Waals surface area (Å²) in [6.45, 7) is 2.10. The highest BCUT2D eigenvalue weighted by Gasteiger charge is 2.02. The van der Waals surface area contributed by atoms with Gasteiger partial charge in [-0.15, -0.1) is 0 Å². The summed E-state index contributed by atoms with van der Waals surface area (Å²) < 4.78 is 5.27. The third-order valence-corrected chi connectivity index (χ3v) is 4.02. The van der Waals surface area contributed by atoms with Gasteiger partial charge in [-0.3, -0.25) is 0 Å². The summed E-state index contributed by atoms with van der Waals surface area (Å²) >= 11 is 0. The van der Waals surface area contributed by atoms with Gasteiger partial charge >= 0.3 is 0 Å². The third kappa shape index (κ3) is 3.46. The van der Waals surface area contributed by atoms with Gasteiger partial charge in [0.05, 0.1) is 13.7 Å². The highest BCUT2D eigenvalue weighted by Crippen LogP contribution is 2.17. The standard InChI is InChI=1S/C20H21NO/c1-22-19-10-4-6-16(14-19)12-13-21-15-18-9-5-8-17-7-2-3-11-20(17)18/h2-11,14,21H,12-13,15H2,1H3/p+1. The lowest BCUT2D eigenvalue weighted by atomic mass is 10.0. The normalized spacial score (nSPS) is 10.8. The van der Waals surface area contributed by atoms with E-state index in [0.29, 0.717) is 0 Å². The molecule has 0 radical (unpaired) electrons. The van der Waals surface area contributed by atoms with Gasteiger partial charge in [0.1, 0.15) is 12.3 Å². The molecule has 2 N–H and O–H groups in total. The zero-order valence-electron chi connectivity index (χ0n) is 13.0. The largest absolute Gasteiger partial charge is 0.497 e. The number of nitrogens with two attached hydrogens (primary N) is 1. The zero-order chi connectivity index (χ0) is 15.2. The summed E-state index contributed by atoms with van der Waals surface area (Å²) in [6, 6.07) is 23.5. The molecule has 2 nitrogen and oxygen atoms in total. The fraction of sp³-hybridized carbons (Fsp3) is 0.200. The molecule has 0 heterocycles. The molecule has 0 aromatic heterocycles. The van der Waals surface area contributed by atoms with Crippen LogP contribution in [0.3, 0.4) is 0 Å². The number of quaternary nitrogens is 1. The molecule has 3 aromatic rings. The maximum absolute atomic E-state index is 5.27. The number of rotatable bonds is 6. The highest BCUT2D eigenvalue weighted by atomic mass is 16.5. The SMILES string of the molecule is COc1cccc(CC[NH2+]Cc2cccc3ccccc23)c1. The minimum atomic E-state index is 0.937. The van der Waals surface area contributed by atoms with Gasteiger partial charge in [-0.25, -0.2) is 0 Å². The molecular formula is C20H22NO+. The van der Waals surface area contributed by atoms with Crippen molar-refractivity contribution in [3.63, 3.8) is 0 Å². The Balaban J connectivity index is 1.58. The minimum Gasteiger partial charge on any atom is -0.497 e. The first-order chi connectivity index (χ1) is 10.9. The van der Waals surface area contributed by atoms with Crippen LogP contribution < -0.4 is 10.1 Å². The molecule has 0 bridgehead atoms. The van der Waals surface area contributed by atoms with E-state index in [9.17, 15) is 0 Å². The van der Waals surface area contributed by atoms with E-state index in [0.717, 1.165) is 25.3 Å². The monoisotopic (exact) mass is 292 g/mol. The van der Waals surface area contributed by atoms with Crippen LogP contribution in [0.5, 0.6) is 5.75 Å². The first-order valence-electron chi connectivity index (χ1n) is 7.78. The average Bonchev–Trinajstić information content (AvgIpc) is 2.59. The molecule has 0 aliphatic carbocycles. The topological polar surface area (TPSA) is 25.8 Å². The molecule has 0 amide bonds. The number of fused-ring (bicyclic) bond motifs is 1. The molecule has 0 spiro atoms. The summed E-state index contributed by atoms with van der Waals surface area (Å²) in [5, 5.41) is 5.06. The van der Waals surface area contributed by atoms with E-state index in [1.807, 2.05) is 6.07 Å². The molecule has 0 aliphatic heterocycles. The Morgan fingerprint density at radius 1 is 0.909 bits per heavy atom. The molecule has 0 saturated carbocycles. The molecule has 0 unspecified atom stereocenters. The zero-order valence-corrected chi connectivity index (χ0v) is 13.0. The van der Waals surface area contributed by atoms with Gasteiger partial charge in [0.15, 0.2) is 0 Å². The second-order valence-electron chi connectivity index (χ2n) is 5.52. The van der Waals surface area contributed by atoms with Gasteiger partial charge in [0.2, 0.25) is 0 Å². The molecule has 3 aromatic carbocycles. The Morgan fingerprint density at radius 3 is 2.64 bits per heavy atom.